The second-order valence-electron chi connectivity index (χ2n) is 3.31. The van der Waals surface area contributed by atoms with Crippen molar-refractivity contribution in [2.45, 2.75) is 25.9 Å². The predicted molar refractivity (Wildman–Crippen MR) is 41.1 cm³/mol. The van der Waals surface area contributed by atoms with Gasteiger partial charge in [-0.25, -0.2) is 9.69 Å². The number of amides is 2. The SMILES string of the molecule is CC1(C)CC(=O)N(CN)C(=O)O1. The Bertz CT molecular complexity index is 205. The zero-order valence-corrected chi connectivity index (χ0v) is 7.16. The minimum Gasteiger partial charge on any atom is -0.443 e. The number of carbonyl (C=O) groups excluding carboxylic acids is 2. The Hall–Kier alpha value is -1.10. The average Bonchev–Trinajstić information content (AvgIpc) is 1.82. The average molecular weight is 172 g/mol. The molecule has 2 N–H and O–H groups in total. The molecule has 0 aromatic heterocycles. The molecular weight excluding hydrogens is 160 g/mol. The minimum absolute atomic E-state index is 0.117. The smallest absolute Gasteiger partial charge is 0.418 e. The van der Waals surface area contributed by atoms with E-state index in [0.717, 1.165) is 4.90 Å². The summed E-state index contributed by atoms with van der Waals surface area (Å²) in [7, 11) is 0. The molecule has 1 saturated heterocycles. The molecule has 12 heavy (non-hydrogen) atoms. The van der Waals surface area contributed by atoms with Crippen molar-refractivity contribution in [2.24, 2.45) is 5.73 Å². The van der Waals surface area contributed by atoms with E-state index >= 15 is 0 Å². The van der Waals surface area contributed by atoms with Crippen molar-refractivity contribution in [2.75, 3.05) is 6.67 Å². The molecule has 0 aromatic rings. The zero-order chi connectivity index (χ0) is 9.35. The minimum atomic E-state index is -0.695. The van der Waals surface area contributed by atoms with Crippen molar-refractivity contribution in [3.63, 3.8) is 0 Å². The predicted octanol–water partition coefficient (Wildman–Crippen LogP) is 0.0501. The fourth-order valence-corrected chi connectivity index (χ4v) is 1.07. The maximum atomic E-state index is 11.2. The van der Waals surface area contributed by atoms with Crippen LogP contribution >= 0.6 is 0 Å². The number of cyclic esters (lactones) is 1. The van der Waals surface area contributed by atoms with Crippen LogP contribution in [0.1, 0.15) is 20.3 Å². The van der Waals surface area contributed by atoms with Crippen molar-refractivity contribution >= 4 is 12.0 Å². The molecule has 5 nitrogen and oxygen atoms in total. The van der Waals surface area contributed by atoms with Gasteiger partial charge in [-0.05, 0) is 13.8 Å². The highest BCUT2D eigenvalue weighted by Crippen LogP contribution is 2.22. The maximum absolute atomic E-state index is 11.2. The summed E-state index contributed by atoms with van der Waals surface area (Å²) in [6.07, 6.45) is -0.464. The Kier molecular flexibility index (Phi) is 2.06. The van der Waals surface area contributed by atoms with E-state index in [-0.39, 0.29) is 19.0 Å². The topological polar surface area (TPSA) is 72.6 Å². The molecule has 0 aromatic carbocycles. The first-order valence-corrected chi connectivity index (χ1v) is 3.70. The first kappa shape index (κ1) is 8.99. The van der Waals surface area contributed by atoms with Gasteiger partial charge in [0.05, 0.1) is 13.1 Å². The van der Waals surface area contributed by atoms with Crippen molar-refractivity contribution < 1.29 is 14.3 Å². The molecule has 0 saturated carbocycles. The quantitative estimate of drug-likeness (QED) is 0.606. The van der Waals surface area contributed by atoms with E-state index in [0.29, 0.717) is 0 Å². The largest absolute Gasteiger partial charge is 0.443 e. The van der Waals surface area contributed by atoms with Crippen LogP contribution in [-0.2, 0) is 9.53 Å². The summed E-state index contributed by atoms with van der Waals surface area (Å²) in [5.41, 5.74) is 4.48. The maximum Gasteiger partial charge on any atom is 0.418 e. The standard InChI is InChI=1S/C7H12N2O3/c1-7(2)3-5(10)9(4-8)6(11)12-7/h3-4,8H2,1-2H3. The van der Waals surface area contributed by atoms with Crippen LogP contribution in [0.5, 0.6) is 0 Å². The van der Waals surface area contributed by atoms with E-state index in [1.165, 1.54) is 0 Å². The summed E-state index contributed by atoms with van der Waals surface area (Å²) in [5.74, 6) is -0.279. The Labute approximate surface area is 70.5 Å². The molecule has 1 aliphatic rings. The van der Waals surface area contributed by atoms with Crippen LogP contribution in [0.15, 0.2) is 0 Å². The van der Waals surface area contributed by atoms with E-state index in [1.807, 2.05) is 0 Å². The number of nitrogens with zero attached hydrogens (tertiary/aromatic N) is 1. The molecule has 0 spiro atoms. The Morgan fingerprint density at radius 1 is 1.58 bits per heavy atom. The molecule has 1 rings (SSSR count). The van der Waals surface area contributed by atoms with E-state index in [2.05, 4.69) is 0 Å². The van der Waals surface area contributed by atoms with Crippen LogP contribution in [0, 0.1) is 0 Å². The summed E-state index contributed by atoms with van der Waals surface area (Å²) < 4.78 is 4.93. The second kappa shape index (κ2) is 2.75. The lowest BCUT2D eigenvalue weighted by Crippen LogP contribution is -2.51. The van der Waals surface area contributed by atoms with Gasteiger partial charge < -0.3 is 10.5 Å². The zero-order valence-electron chi connectivity index (χ0n) is 7.16. The highest BCUT2D eigenvalue weighted by Gasteiger charge is 2.38. The summed E-state index contributed by atoms with van der Waals surface area (Å²) in [6.45, 7) is 3.26. The van der Waals surface area contributed by atoms with Crippen molar-refractivity contribution in [1.29, 1.82) is 0 Å². The van der Waals surface area contributed by atoms with Crippen LogP contribution in [0.4, 0.5) is 4.79 Å². The summed E-state index contributed by atoms with van der Waals surface area (Å²) in [6, 6.07) is 0. The number of imide groups is 1. The molecule has 1 aliphatic heterocycles. The van der Waals surface area contributed by atoms with Gasteiger partial charge in [0.1, 0.15) is 5.60 Å². The summed E-state index contributed by atoms with van der Waals surface area (Å²) >= 11 is 0. The summed E-state index contributed by atoms with van der Waals surface area (Å²) in [5, 5.41) is 0. The Morgan fingerprint density at radius 3 is 2.58 bits per heavy atom. The molecule has 1 fully saturated rings. The third kappa shape index (κ3) is 1.55. The lowest BCUT2D eigenvalue weighted by molar-refractivity contribution is -0.141. The van der Waals surface area contributed by atoms with E-state index in [9.17, 15) is 9.59 Å². The number of rotatable bonds is 1. The first-order valence-electron chi connectivity index (χ1n) is 3.70. The van der Waals surface area contributed by atoms with E-state index < -0.39 is 11.7 Å². The van der Waals surface area contributed by atoms with Crippen LogP contribution in [-0.4, -0.2) is 29.2 Å². The highest BCUT2D eigenvalue weighted by atomic mass is 16.6. The van der Waals surface area contributed by atoms with Gasteiger partial charge in [0.2, 0.25) is 5.91 Å². The Morgan fingerprint density at radius 2 is 2.17 bits per heavy atom. The van der Waals surface area contributed by atoms with Crippen LogP contribution < -0.4 is 5.73 Å². The van der Waals surface area contributed by atoms with Crippen LogP contribution in [0.25, 0.3) is 0 Å². The normalized spacial score (nSPS) is 22.4. The number of carbonyl (C=O) groups is 2. The summed E-state index contributed by atoms with van der Waals surface area (Å²) in [4.78, 5) is 23.1. The molecule has 1 heterocycles. The van der Waals surface area contributed by atoms with Crippen LogP contribution in [0.3, 0.4) is 0 Å². The molecule has 0 bridgehead atoms. The van der Waals surface area contributed by atoms with Gasteiger partial charge in [-0.1, -0.05) is 0 Å². The van der Waals surface area contributed by atoms with Gasteiger partial charge in [-0.15, -0.1) is 0 Å². The van der Waals surface area contributed by atoms with Gasteiger partial charge >= 0.3 is 6.09 Å². The number of nitrogens with two attached hydrogens (primary N) is 1. The first-order chi connectivity index (χ1) is 5.46. The highest BCUT2D eigenvalue weighted by molar-refractivity contribution is 5.94. The number of ether oxygens (including phenoxy) is 1. The van der Waals surface area contributed by atoms with Crippen molar-refractivity contribution in [3.05, 3.63) is 0 Å². The molecule has 0 unspecified atom stereocenters. The third-order valence-electron chi connectivity index (χ3n) is 1.64. The second-order valence-corrected chi connectivity index (χ2v) is 3.31. The molecule has 5 heteroatoms. The fraction of sp³-hybridized carbons (Fsp3) is 0.714. The lowest BCUT2D eigenvalue weighted by atomic mass is 10.0. The van der Waals surface area contributed by atoms with Gasteiger partial charge in [0.25, 0.3) is 0 Å². The fourth-order valence-electron chi connectivity index (χ4n) is 1.07. The van der Waals surface area contributed by atoms with Crippen molar-refractivity contribution in [1.82, 2.24) is 4.90 Å². The monoisotopic (exact) mass is 172 g/mol. The van der Waals surface area contributed by atoms with Gasteiger partial charge in [0.15, 0.2) is 0 Å². The lowest BCUT2D eigenvalue weighted by Gasteiger charge is -2.34. The molecule has 2 amide bonds. The van der Waals surface area contributed by atoms with E-state index in [1.54, 1.807) is 13.8 Å². The number of hydrogen-bond acceptors (Lipinski definition) is 4. The number of hydrogen-bond donors (Lipinski definition) is 1. The molecule has 0 aliphatic carbocycles. The van der Waals surface area contributed by atoms with Crippen molar-refractivity contribution in [3.8, 4) is 0 Å². The van der Waals surface area contributed by atoms with E-state index in [4.69, 9.17) is 10.5 Å². The third-order valence-corrected chi connectivity index (χ3v) is 1.64. The molecule has 68 valence electrons. The van der Waals surface area contributed by atoms with Gasteiger partial charge in [-0.3, -0.25) is 4.79 Å². The Balaban J connectivity index is 2.77. The van der Waals surface area contributed by atoms with Crippen LogP contribution in [0.2, 0.25) is 0 Å². The molecule has 0 radical (unpaired) electrons. The van der Waals surface area contributed by atoms with Gasteiger partial charge in [0, 0.05) is 0 Å². The molecular formula is C7H12N2O3. The molecule has 0 atom stereocenters. The van der Waals surface area contributed by atoms with Gasteiger partial charge in [-0.2, -0.15) is 0 Å².